The summed E-state index contributed by atoms with van der Waals surface area (Å²) in [7, 11) is 1.91. The smallest absolute Gasteiger partial charge is 0.138 e. The van der Waals surface area contributed by atoms with Crippen LogP contribution in [0.2, 0.25) is 0 Å². The van der Waals surface area contributed by atoms with Gasteiger partial charge in [0.05, 0.1) is 6.20 Å². The topological polar surface area (TPSA) is 66.7 Å². The van der Waals surface area contributed by atoms with Gasteiger partial charge < -0.3 is 10.1 Å². The molecule has 0 bridgehead atoms. The van der Waals surface area contributed by atoms with Crippen molar-refractivity contribution in [2.24, 2.45) is 12.5 Å². The summed E-state index contributed by atoms with van der Waals surface area (Å²) in [4.78, 5) is 7.79. The molecule has 0 aliphatic rings. The molecular weight excluding hydrogens is 336 g/mol. The van der Waals surface area contributed by atoms with Crippen molar-refractivity contribution in [2.75, 3.05) is 0 Å². The molecule has 3 aromatic rings. The van der Waals surface area contributed by atoms with Crippen molar-refractivity contribution < 1.29 is 5.11 Å². The minimum Gasteiger partial charge on any atom is -0.382 e. The van der Waals surface area contributed by atoms with Crippen molar-refractivity contribution in [3.63, 3.8) is 0 Å². The SMILES string of the molecule is CCC(C)(C)Cc1cnc(C(C)(O)Cc2ccc(-c3cnn(C)c3)cc2)[nH]1. The lowest BCUT2D eigenvalue weighted by atomic mass is 9.85. The van der Waals surface area contributed by atoms with Crippen LogP contribution in [0.5, 0.6) is 0 Å². The molecule has 0 radical (unpaired) electrons. The van der Waals surface area contributed by atoms with E-state index < -0.39 is 5.60 Å². The van der Waals surface area contributed by atoms with E-state index in [1.807, 2.05) is 32.6 Å². The first-order valence-electron chi connectivity index (χ1n) is 9.53. The van der Waals surface area contributed by atoms with E-state index in [1.54, 1.807) is 4.68 Å². The number of hydrogen-bond acceptors (Lipinski definition) is 3. The fourth-order valence-corrected chi connectivity index (χ4v) is 3.23. The zero-order chi connectivity index (χ0) is 19.7. The second-order valence-corrected chi connectivity index (χ2v) is 8.50. The molecule has 5 nitrogen and oxygen atoms in total. The van der Waals surface area contributed by atoms with Gasteiger partial charge in [-0.05, 0) is 29.9 Å². The monoisotopic (exact) mass is 366 g/mol. The maximum Gasteiger partial charge on any atom is 0.138 e. The van der Waals surface area contributed by atoms with Crippen molar-refractivity contribution in [1.29, 1.82) is 0 Å². The number of nitrogens with one attached hydrogen (secondary N) is 1. The number of aryl methyl sites for hydroxylation is 1. The van der Waals surface area contributed by atoms with E-state index in [0.29, 0.717) is 12.2 Å². The third-order valence-electron chi connectivity index (χ3n) is 5.31. The van der Waals surface area contributed by atoms with Gasteiger partial charge in [0.15, 0.2) is 0 Å². The van der Waals surface area contributed by atoms with E-state index in [1.165, 1.54) is 0 Å². The molecule has 5 heteroatoms. The van der Waals surface area contributed by atoms with Crippen LogP contribution in [0.4, 0.5) is 0 Å². The summed E-state index contributed by atoms with van der Waals surface area (Å²) >= 11 is 0. The standard InChI is InChI=1S/C22H30N4O/c1-6-21(2,3)12-19-14-23-20(25-19)22(4,27)11-16-7-9-17(10-8-16)18-13-24-26(5)15-18/h7-10,13-15,27H,6,11-12H2,1-5H3,(H,23,25). The molecule has 0 aliphatic carbocycles. The fourth-order valence-electron chi connectivity index (χ4n) is 3.23. The van der Waals surface area contributed by atoms with Crippen LogP contribution in [-0.2, 0) is 25.5 Å². The first kappa shape index (κ1) is 19.4. The number of benzene rings is 1. The summed E-state index contributed by atoms with van der Waals surface area (Å²) in [5.41, 5.74) is 3.53. The number of imidazole rings is 1. The highest BCUT2D eigenvalue weighted by molar-refractivity contribution is 5.61. The number of hydrogen-bond donors (Lipinski definition) is 2. The van der Waals surface area contributed by atoms with Gasteiger partial charge in [-0.3, -0.25) is 4.68 Å². The number of aromatic nitrogens is 4. The molecule has 2 N–H and O–H groups in total. The summed E-state index contributed by atoms with van der Waals surface area (Å²) < 4.78 is 1.79. The number of aromatic amines is 1. The third kappa shape index (κ3) is 4.66. The molecule has 0 fully saturated rings. The predicted molar refractivity (Wildman–Crippen MR) is 108 cm³/mol. The normalized spacial score (nSPS) is 14.3. The molecule has 3 rings (SSSR count). The molecule has 1 aromatic carbocycles. The van der Waals surface area contributed by atoms with Gasteiger partial charge in [-0.25, -0.2) is 4.98 Å². The van der Waals surface area contributed by atoms with E-state index in [2.05, 4.69) is 60.1 Å². The van der Waals surface area contributed by atoms with Crippen molar-refractivity contribution in [3.8, 4) is 11.1 Å². The van der Waals surface area contributed by atoms with Crippen LogP contribution in [0.15, 0.2) is 42.9 Å². The quantitative estimate of drug-likeness (QED) is 0.657. The number of rotatable bonds is 7. The van der Waals surface area contributed by atoms with E-state index in [9.17, 15) is 5.11 Å². The molecule has 27 heavy (non-hydrogen) atoms. The highest BCUT2D eigenvalue weighted by Gasteiger charge is 2.28. The summed E-state index contributed by atoms with van der Waals surface area (Å²) in [5.74, 6) is 0.626. The Balaban J connectivity index is 1.71. The Kier molecular flexibility index (Phi) is 5.24. The van der Waals surface area contributed by atoms with Gasteiger partial charge in [0.25, 0.3) is 0 Å². The molecule has 0 saturated heterocycles. The van der Waals surface area contributed by atoms with Crippen LogP contribution in [0, 0.1) is 5.41 Å². The molecule has 0 spiro atoms. The van der Waals surface area contributed by atoms with Crippen LogP contribution in [0.3, 0.4) is 0 Å². The second-order valence-electron chi connectivity index (χ2n) is 8.50. The molecule has 2 heterocycles. The highest BCUT2D eigenvalue weighted by atomic mass is 16.3. The number of nitrogens with zero attached hydrogens (tertiary/aromatic N) is 3. The lowest BCUT2D eigenvalue weighted by molar-refractivity contribution is 0.0488. The maximum atomic E-state index is 11.0. The van der Waals surface area contributed by atoms with Crippen LogP contribution in [0.1, 0.15) is 51.2 Å². The van der Waals surface area contributed by atoms with E-state index in [4.69, 9.17) is 0 Å². The highest BCUT2D eigenvalue weighted by Crippen LogP contribution is 2.28. The van der Waals surface area contributed by atoms with Crippen LogP contribution in [-0.4, -0.2) is 24.9 Å². The molecule has 0 amide bonds. The molecular formula is C22H30N4O. The Hall–Kier alpha value is -2.40. The van der Waals surface area contributed by atoms with E-state index in [0.717, 1.165) is 35.2 Å². The maximum absolute atomic E-state index is 11.0. The van der Waals surface area contributed by atoms with Gasteiger partial charge in [-0.15, -0.1) is 0 Å². The summed E-state index contributed by atoms with van der Waals surface area (Å²) in [6.45, 7) is 8.50. The average molecular weight is 367 g/mol. The first-order valence-corrected chi connectivity index (χ1v) is 9.53. The summed E-state index contributed by atoms with van der Waals surface area (Å²) in [5, 5.41) is 15.2. The van der Waals surface area contributed by atoms with Gasteiger partial charge in [0.1, 0.15) is 11.4 Å². The Labute approximate surface area is 161 Å². The van der Waals surface area contributed by atoms with Gasteiger partial charge in [0.2, 0.25) is 0 Å². The molecule has 0 saturated carbocycles. The Morgan fingerprint density at radius 2 is 1.74 bits per heavy atom. The van der Waals surface area contributed by atoms with E-state index in [-0.39, 0.29) is 5.41 Å². The summed E-state index contributed by atoms with van der Waals surface area (Å²) in [6.07, 6.45) is 8.23. The third-order valence-corrected chi connectivity index (χ3v) is 5.31. The van der Waals surface area contributed by atoms with Gasteiger partial charge in [-0.1, -0.05) is 51.5 Å². The van der Waals surface area contributed by atoms with E-state index >= 15 is 0 Å². The second kappa shape index (κ2) is 7.31. The van der Waals surface area contributed by atoms with Crippen LogP contribution >= 0.6 is 0 Å². The zero-order valence-corrected chi connectivity index (χ0v) is 17.0. The molecule has 1 unspecified atom stereocenters. The largest absolute Gasteiger partial charge is 0.382 e. The lowest BCUT2D eigenvalue weighted by Crippen LogP contribution is -2.26. The van der Waals surface area contributed by atoms with Crippen molar-refractivity contribution in [3.05, 3.63) is 59.9 Å². The van der Waals surface area contributed by atoms with Crippen molar-refractivity contribution >= 4 is 0 Å². The molecule has 0 aliphatic heterocycles. The predicted octanol–water partition coefficient (Wildman–Crippen LogP) is 4.24. The van der Waals surface area contributed by atoms with Crippen LogP contribution in [0.25, 0.3) is 11.1 Å². The number of H-pyrrole nitrogens is 1. The average Bonchev–Trinajstić information content (AvgIpc) is 3.24. The van der Waals surface area contributed by atoms with Crippen molar-refractivity contribution in [2.45, 2.75) is 52.6 Å². The van der Waals surface area contributed by atoms with Crippen molar-refractivity contribution in [1.82, 2.24) is 19.7 Å². The summed E-state index contributed by atoms with van der Waals surface area (Å²) in [6, 6.07) is 8.25. The van der Waals surface area contributed by atoms with Gasteiger partial charge >= 0.3 is 0 Å². The van der Waals surface area contributed by atoms with Crippen LogP contribution < -0.4 is 0 Å². The molecule has 2 aromatic heterocycles. The first-order chi connectivity index (χ1) is 12.7. The lowest BCUT2D eigenvalue weighted by Gasteiger charge is -2.23. The minimum atomic E-state index is -1.04. The van der Waals surface area contributed by atoms with Gasteiger partial charge in [0, 0.05) is 37.1 Å². The Bertz CT molecular complexity index is 887. The minimum absolute atomic E-state index is 0.220. The van der Waals surface area contributed by atoms with Gasteiger partial charge in [-0.2, -0.15) is 5.10 Å². The molecule has 144 valence electrons. The fraction of sp³-hybridized carbons (Fsp3) is 0.455. The Morgan fingerprint density at radius 3 is 2.33 bits per heavy atom. The number of aliphatic hydroxyl groups is 1. The molecule has 1 atom stereocenters. The zero-order valence-electron chi connectivity index (χ0n) is 17.0. The Morgan fingerprint density at radius 1 is 1.04 bits per heavy atom.